The molecule has 0 saturated carbocycles. The largest absolute Gasteiger partial charge is 0.476 e. The quantitative estimate of drug-likeness (QED) is 0.801. The number of carbonyl (C=O) groups is 3. The second-order valence-corrected chi connectivity index (χ2v) is 5.16. The van der Waals surface area contributed by atoms with Gasteiger partial charge in [-0.3, -0.25) is 14.3 Å². The smallest absolute Gasteiger partial charge is 0.356 e. The van der Waals surface area contributed by atoms with Crippen LogP contribution in [0.2, 0.25) is 0 Å². The van der Waals surface area contributed by atoms with Crippen molar-refractivity contribution in [2.75, 3.05) is 13.1 Å². The number of primary amides is 1. The first-order valence-electron chi connectivity index (χ1n) is 6.76. The van der Waals surface area contributed by atoms with Crippen molar-refractivity contribution in [3.05, 3.63) is 18.0 Å². The summed E-state index contributed by atoms with van der Waals surface area (Å²) in [4.78, 5) is 35.9. The molecule has 1 aromatic heterocycles. The van der Waals surface area contributed by atoms with E-state index in [-0.39, 0.29) is 23.4 Å². The van der Waals surface area contributed by atoms with Gasteiger partial charge in [-0.15, -0.1) is 0 Å². The summed E-state index contributed by atoms with van der Waals surface area (Å²) in [7, 11) is 0. The number of carbonyl (C=O) groups excluding carboxylic acids is 2. The van der Waals surface area contributed by atoms with Crippen LogP contribution in [0.4, 0.5) is 0 Å². The maximum absolute atomic E-state index is 12.4. The number of hydrogen-bond donors (Lipinski definition) is 2. The summed E-state index contributed by atoms with van der Waals surface area (Å²) in [6.45, 7) is 2.62. The van der Waals surface area contributed by atoms with Gasteiger partial charge in [0.15, 0.2) is 5.69 Å². The Hall–Kier alpha value is -2.38. The highest BCUT2D eigenvalue weighted by Gasteiger charge is 2.29. The van der Waals surface area contributed by atoms with E-state index in [2.05, 4.69) is 5.10 Å². The summed E-state index contributed by atoms with van der Waals surface area (Å²) in [6, 6.07) is 0.772. The van der Waals surface area contributed by atoms with Gasteiger partial charge in [0.25, 0.3) is 0 Å². The first kappa shape index (κ1) is 15.0. The van der Waals surface area contributed by atoms with Crippen molar-refractivity contribution < 1.29 is 19.5 Å². The predicted molar refractivity (Wildman–Crippen MR) is 72.4 cm³/mol. The molecule has 3 N–H and O–H groups in total. The molecule has 2 heterocycles. The minimum atomic E-state index is -1.13. The Morgan fingerprint density at radius 3 is 2.48 bits per heavy atom. The number of nitrogens with two attached hydrogens (primary N) is 1. The molecule has 0 aliphatic carbocycles. The highest BCUT2D eigenvalue weighted by molar-refractivity contribution is 5.85. The van der Waals surface area contributed by atoms with E-state index < -0.39 is 12.0 Å². The van der Waals surface area contributed by atoms with Gasteiger partial charge >= 0.3 is 5.97 Å². The Kier molecular flexibility index (Phi) is 4.25. The second kappa shape index (κ2) is 5.94. The van der Waals surface area contributed by atoms with Gasteiger partial charge in [0.05, 0.1) is 0 Å². The number of likely N-dealkylation sites (tertiary alicyclic amines) is 1. The third-order valence-corrected chi connectivity index (χ3v) is 3.79. The lowest BCUT2D eigenvalue weighted by Gasteiger charge is -2.32. The maximum atomic E-state index is 12.4. The fraction of sp³-hybridized carbons (Fsp3) is 0.538. The van der Waals surface area contributed by atoms with Crippen molar-refractivity contribution in [1.82, 2.24) is 14.7 Å². The predicted octanol–water partition coefficient (Wildman–Crippen LogP) is -0.134. The number of carboxylic acid groups (broad SMARTS) is 1. The number of amides is 2. The topological polar surface area (TPSA) is 119 Å². The van der Waals surface area contributed by atoms with Crippen LogP contribution in [0.15, 0.2) is 12.3 Å². The van der Waals surface area contributed by atoms with Crippen molar-refractivity contribution in [3.8, 4) is 0 Å². The van der Waals surface area contributed by atoms with E-state index in [0.29, 0.717) is 25.9 Å². The van der Waals surface area contributed by atoms with Crippen molar-refractivity contribution in [3.63, 3.8) is 0 Å². The van der Waals surface area contributed by atoms with Crippen LogP contribution in [-0.2, 0) is 9.59 Å². The van der Waals surface area contributed by atoms with Crippen molar-refractivity contribution in [2.45, 2.75) is 25.8 Å². The van der Waals surface area contributed by atoms with E-state index in [1.54, 1.807) is 11.8 Å². The maximum Gasteiger partial charge on any atom is 0.356 e. The average molecular weight is 294 g/mol. The Bertz CT molecular complexity index is 560. The Labute approximate surface area is 121 Å². The number of aromatic nitrogens is 2. The lowest BCUT2D eigenvalue weighted by molar-refractivity contribution is -0.137. The molecule has 1 unspecified atom stereocenters. The summed E-state index contributed by atoms with van der Waals surface area (Å²) in [5.74, 6) is -1.77. The number of aromatic carboxylic acids is 1. The van der Waals surface area contributed by atoms with E-state index in [0.717, 1.165) is 0 Å². The average Bonchev–Trinajstić information content (AvgIpc) is 2.96. The van der Waals surface area contributed by atoms with Crippen LogP contribution in [0.3, 0.4) is 0 Å². The Morgan fingerprint density at radius 1 is 1.38 bits per heavy atom. The molecule has 0 aromatic carbocycles. The normalized spacial score (nSPS) is 17.5. The highest BCUT2D eigenvalue weighted by Crippen LogP contribution is 2.19. The molecule has 0 bridgehead atoms. The molecule has 1 aliphatic rings. The third kappa shape index (κ3) is 3.21. The van der Waals surface area contributed by atoms with Crippen LogP contribution in [-0.4, -0.2) is 50.7 Å². The first-order chi connectivity index (χ1) is 9.90. The highest BCUT2D eigenvalue weighted by atomic mass is 16.4. The molecule has 2 amide bonds. The molecule has 21 heavy (non-hydrogen) atoms. The third-order valence-electron chi connectivity index (χ3n) is 3.79. The van der Waals surface area contributed by atoms with E-state index in [1.165, 1.54) is 16.9 Å². The molecular weight excluding hydrogens is 276 g/mol. The van der Waals surface area contributed by atoms with Crippen LogP contribution in [0.5, 0.6) is 0 Å². The van der Waals surface area contributed by atoms with Gasteiger partial charge in [0.2, 0.25) is 11.8 Å². The van der Waals surface area contributed by atoms with Gasteiger partial charge in [-0.05, 0) is 25.8 Å². The number of piperidine rings is 1. The van der Waals surface area contributed by atoms with Crippen LogP contribution in [0.25, 0.3) is 0 Å². The summed E-state index contributed by atoms with van der Waals surface area (Å²) in [5.41, 5.74) is 5.16. The monoisotopic (exact) mass is 294 g/mol. The molecule has 2 rings (SSSR count). The first-order valence-corrected chi connectivity index (χ1v) is 6.76. The van der Waals surface area contributed by atoms with Gasteiger partial charge in [0, 0.05) is 25.2 Å². The summed E-state index contributed by atoms with van der Waals surface area (Å²) < 4.78 is 1.34. The van der Waals surface area contributed by atoms with Crippen LogP contribution < -0.4 is 5.73 Å². The number of hydrogen-bond acceptors (Lipinski definition) is 4. The number of carboxylic acids is 1. The lowest BCUT2D eigenvalue weighted by atomic mass is 9.96. The van der Waals surface area contributed by atoms with Crippen LogP contribution in [0.1, 0.15) is 36.3 Å². The van der Waals surface area contributed by atoms with Gasteiger partial charge < -0.3 is 15.7 Å². The lowest BCUT2D eigenvalue weighted by Crippen LogP contribution is -2.44. The summed E-state index contributed by atoms with van der Waals surface area (Å²) >= 11 is 0. The zero-order valence-electron chi connectivity index (χ0n) is 11.7. The summed E-state index contributed by atoms with van der Waals surface area (Å²) in [6.07, 6.45) is 2.60. The van der Waals surface area contributed by atoms with Gasteiger partial charge in [-0.25, -0.2) is 4.79 Å². The molecule has 1 aliphatic heterocycles. The minimum absolute atomic E-state index is 0.0953. The molecular formula is C13H18N4O4. The van der Waals surface area contributed by atoms with E-state index in [4.69, 9.17) is 10.8 Å². The molecule has 1 saturated heterocycles. The van der Waals surface area contributed by atoms with Crippen molar-refractivity contribution >= 4 is 17.8 Å². The molecule has 1 atom stereocenters. The molecule has 114 valence electrons. The van der Waals surface area contributed by atoms with E-state index >= 15 is 0 Å². The molecule has 1 fully saturated rings. The van der Waals surface area contributed by atoms with Crippen LogP contribution >= 0.6 is 0 Å². The molecule has 0 radical (unpaired) electrons. The Balaban J connectivity index is 1.99. The van der Waals surface area contributed by atoms with Crippen molar-refractivity contribution in [1.29, 1.82) is 0 Å². The SMILES string of the molecule is CC(C(=O)N1CCC(C(N)=O)CC1)n1ccc(C(=O)O)n1. The number of nitrogens with zero attached hydrogens (tertiary/aromatic N) is 3. The van der Waals surface area contributed by atoms with Gasteiger partial charge in [-0.2, -0.15) is 5.10 Å². The minimum Gasteiger partial charge on any atom is -0.476 e. The standard InChI is InChI=1S/C13H18N4O4/c1-8(17-7-4-10(15-17)13(20)21)12(19)16-5-2-9(3-6-16)11(14)18/h4,7-9H,2-3,5-6H2,1H3,(H2,14,18)(H,20,21). The molecule has 8 nitrogen and oxygen atoms in total. The molecule has 1 aromatic rings. The van der Waals surface area contributed by atoms with Crippen molar-refractivity contribution in [2.24, 2.45) is 11.7 Å². The van der Waals surface area contributed by atoms with E-state index in [1.807, 2.05) is 0 Å². The molecule has 8 heteroatoms. The van der Waals surface area contributed by atoms with Gasteiger partial charge in [-0.1, -0.05) is 0 Å². The fourth-order valence-electron chi connectivity index (χ4n) is 2.43. The Morgan fingerprint density at radius 2 is 2.00 bits per heavy atom. The zero-order valence-corrected chi connectivity index (χ0v) is 11.7. The summed E-state index contributed by atoms with van der Waals surface area (Å²) in [5, 5.41) is 12.7. The van der Waals surface area contributed by atoms with E-state index in [9.17, 15) is 14.4 Å². The fourth-order valence-corrected chi connectivity index (χ4v) is 2.43. The zero-order chi connectivity index (χ0) is 15.6. The van der Waals surface area contributed by atoms with Crippen LogP contribution in [0, 0.1) is 5.92 Å². The second-order valence-electron chi connectivity index (χ2n) is 5.16. The number of rotatable bonds is 4. The van der Waals surface area contributed by atoms with Gasteiger partial charge in [0.1, 0.15) is 6.04 Å². The molecule has 0 spiro atoms.